The minimum Gasteiger partial charge on any atom is -0.477 e. The zero-order valence-electron chi connectivity index (χ0n) is 9.73. The number of aromatic carboxylic acids is 1. The smallest absolute Gasteiger partial charge is 0.348 e. The number of anilines is 1. The highest BCUT2D eigenvalue weighted by Crippen LogP contribution is 2.40. The molecule has 1 aliphatic rings. The Labute approximate surface area is 113 Å². The first-order valence-corrected chi connectivity index (χ1v) is 7.53. The molecule has 0 saturated carbocycles. The minimum atomic E-state index is -0.940. The van der Waals surface area contributed by atoms with E-state index in [1.165, 1.54) is 34.6 Å². The number of fused-ring (bicyclic) bond motifs is 1. The van der Waals surface area contributed by atoms with E-state index in [1.54, 1.807) is 17.4 Å². The highest BCUT2D eigenvalue weighted by Gasteiger charge is 2.18. The Morgan fingerprint density at radius 2 is 1.89 bits per heavy atom. The molecule has 3 N–H and O–H groups in total. The number of hydrogen-bond donors (Lipinski definition) is 2. The average Bonchev–Trinajstić information content (AvgIpc) is 2.91. The Morgan fingerprint density at radius 1 is 1.17 bits per heavy atom. The third-order valence-corrected chi connectivity index (χ3v) is 5.77. The molecule has 0 saturated heterocycles. The van der Waals surface area contributed by atoms with Gasteiger partial charge in [-0.05, 0) is 43.4 Å². The second-order valence-corrected chi connectivity index (χ2v) is 6.66. The van der Waals surface area contributed by atoms with Crippen molar-refractivity contribution in [1.82, 2.24) is 0 Å². The number of aryl methyl sites for hydroxylation is 2. The number of thiophene rings is 2. The minimum absolute atomic E-state index is 0.247. The van der Waals surface area contributed by atoms with Crippen LogP contribution in [0, 0.1) is 0 Å². The Bertz CT molecular complexity index is 589. The molecule has 2 aromatic rings. The van der Waals surface area contributed by atoms with Crippen molar-refractivity contribution in [2.24, 2.45) is 0 Å². The van der Waals surface area contributed by atoms with Crippen LogP contribution in [0.25, 0.3) is 9.75 Å². The number of carboxylic acids is 1. The molecule has 0 unspecified atom stereocenters. The van der Waals surface area contributed by atoms with Crippen LogP contribution in [0.2, 0.25) is 0 Å². The van der Waals surface area contributed by atoms with Crippen molar-refractivity contribution in [1.29, 1.82) is 0 Å². The number of hydrogen-bond acceptors (Lipinski definition) is 4. The van der Waals surface area contributed by atoms with Crippen molar-refractivity contribution >= 4 is 34.3 Å². The van der Waals surface area contributed by atoms with Gasteiger partial charge in [0.25, 0.3) is 0 Å². The number of nitrogen functional groups attached to an aromatic ring is 1. The van der Waals surface area contributed by atoms with Crippen LogP contribution in [0.3, 0.4) is 0 Å². The number of carboxylic acid groups (broad SMARTS) is 1. The van der Waals surface area contributed by atoms with E-state index in [2.05, 4.69) is 6.07 Å². The van der Waals surface area contributed by atoms with Crippen LogP contribution in [0.5, 0.6) is 0 Å². The van der Waals surface area contributed by atoms with E-state index in [0.717, 1.165) is 22.6 Å². The van der Waals surface area contributed by atoms with Gasteiger partial charge in [-0.25, -0.2) is 4.79 Å². The number of rotatable bonds is 2. The second kappa shape index (κ2) is 4.40. The predicted octanol–water partition coefficient (Wildman–Crippen LogP) is 3.64. The lowest BCUT2D eigenvalue weighted by molar-refractivity contribution is 0.0703. The summed E-state index contributed by atoms with van der Waals surface area (Å²) < 4.78 is 0. The van der Waals surface area contributed by atoms with Gasteiger partial charge >= 0.3 is 5.97 Å². The summed E-state index contributed by atoms with van der Waals surface area (Å²) in [6.45, 7) is 0. The van der Waals surface area contributed by atoms with Crippen molar-refractivity contribution in [3.63, 3.8) is 0 Å². The molecule has 94 valence electrons. The van der Waals surface area contributed by atoms with Crippen LogP contribution in [0.1, 0.15) is 33.0 Å². The van der Waals surface area contributed by atoms with Crippen molar-refractivity contribution < 1.29 is 9.90 Å². The summed E-state index contributed by atoms with van der Waals surface area (Å²) in [5, 5.41) is 9.02. The quantitative estimate of drug-likeness (QED) is 0.882. The Hall–Kier alpha value is -1.33. The molecule has 0 atom stereocenters. The van der Waals surface area contributed by atoms with E-state index < -0.39 is 5.97 Å². The molecule has 3 rings (SSSR count). The molecule has 0 spiro atoms. The van der Waals surface area contributed by atoms with Gasteiger partial charge < -0.3 is 10.8 Å². The summed E-state index contributed by atoms with van der Waals surface area (Å²) in [4.78, 5) is 14.8. The fourth-order valence-corrected chi connectivity index (χ4v) is 4.55. The highest BCUT2D eigenvalue weighted by molar-refractivity contribution is 7.23. The van der Waals surface area contributed by atoms with Gasteiger partial charge in [0.05, 0.1) is 5.69 Å². The van der Waals surface area contributed by atoms with E-state index in [-0.39, 0.29) is 4.88 Å². The van der Waals surface area contributed by atoms with Crippen molar-refractivity contribution in [2.45, 2.75) is 25.7 Å². The molecule has 2 aromatic heterocycles. The van der Waals surface area contributed by atoms with E-state index in [4.69, 9.17) is 10.8 Å². The molecule has 0 fully saturated rings. The summed E-state index contributed by atoms with van der Waals surface area (Å²) >= 11 is 3.05. The SMILES string of the molecule is Nc1cc(-c2cc3c(s2)CCCC3)sc1C(=O)O. The summed E-state index contributed by atoms with van der Waals surface area (Å²) in [6.07, 6.45) is 4.83. The van der Waals surface area contributed by atoms with Crippen LogP contribution in [-0.4, -0.2) is 11.1 Å². The maximum Gasteiger partial charge on any atom is 0.348 e. The average molecular weight is 279 g/mol. The number of carbonyl (C=O) groups is 1. The lowest BCUT2D eigenvalue weighted by atomic mass is 9.99. The van der Waals surface area contributed by atoms with E-state index in [0.29, 0.717) is 5.69 Å². The van der Waals surface area contributed by atoms with Crippen LogP contribution < -0.4 is 5.73 Å². The monoisotopic (exact) mass is 279 g/mol. The highest BCUT2D eigenvalue weighted by atomic mass is 32.1. The lowest BCUT2D eigenvalue weighted by Crippen LogP contribution is -1.96. The van der Waals surface area contributed by atoms with Crippen molar-refractivity contribution in [3.05, 3.63) is 27.5 Å². The molecule has 0 radical (unpaired) electrons. The standard InChI is InChI=1S/C13H13NO2S2/c14-8-6-11(18-12(8)13(15)16)10-5-7-3-1-2-4-9(7)17-10/h5-6H,1-4,14H2,(H,15,16). The molecule has 2 heterocycles. The van der Waals surface area contributed by atoms with Gasteiger partial charge in [0.2, 0.25) is 0 Å². The molecule has 18 heavy (non-hydrogen) atoms. The fraction of sp³-hybridized carbons (Fsp3) is 0.308. The molecule has 3 nitrogen and oxygen atoms in total. The lowest BCUT2D eigenvalue weighted by Gasteiger charge is -2.08. The van der Waals surface area contributed by atoms with Gasteiger partial charge in [-0.3, -0.25) is 0 Å². The summed E-state index contributed by atoms with van der Waals surface area (Å²) in [5.41, 5.74) is 7.54. The molecular weight excluding hydrogens is 266 g/mol. The summed E-state index contributed by atoms with van der Waals surface area (Å²) in [5.74, 6) is -0.940. The van der Waals surface area contributed by atoms with E-state index in [9.17, 15) is 4.79 Å². The van der Waals surface area contributed by atoms with Crippen LogP contribution in [0.4, 0.5) is 5.69 Å². The molecule has 0 amide bonds. The van der Waals surface area contributed by atoms with Gasteiger partial charge in [-0.2, -0.15) is 0 Å². The van der Waals surface area contributed by atoms with Gasteiger partial charge in [-0.1, -0.05) is 0 Å². The van der Waals surface area contributed by atoms with Gasteiger partial charge in [0.1, 0.15) is 4.88 Å². The third kappa shape index (κ3) is 1.93. The molecule has 1 aliphatic carbocycles. The molecule has 0 aliphatic heterocycles. The first-order valence-electron chi connectivity index (χ1n) is 5.89. The zero-order valence-corrected chi connectivity index (χ0v) is 11.4. The Balaban J connectivity index is 2.02. The first-order chi connectivity index (χ1) is 8.65. The largest absolute Gasteiger partial charge is 0.477 e. The molecular formula is C13H13NO2S2. The van der Waals surface area contributed by atoms with Crippen LogP contribution >= 0.6 is 22.7 Å². The van der Waals surface area contributed by atoms with Gasteiger partial charge in [0, 0.05) is 14.6 Å². The third-order valence-electron chi connectivity index (χ3n) is 3.19. The first kappa shape index (κ1) is 11.7. The normalized spacial score (nSPS) is 14.4. The van der Waals surface area contributed by atoms with Crippen molar-refractivity contribution in [2.75, 3.05) is 5.73 Å². The van der Waals surface area contributed by atoms with E-state index >= 15 is 0 Å². The number of nitrogens with two attached hydrogens (primary N) is 1. The topological polar surface area (TPSA) is 63.3 Å². The summed E-state index contributed by atoms with van der Waals surface area (Å²) in [7, 11) is 0. The predicted molar refractivity (Wildman–Crippen MR) is 75.6 cm³/mol. The van der Waals surface area contributed by atoms with Gasteiger partial charge in [-0.15, -0.1) is 22.7 Å². The maximum atomic E-state index is 11.0. The molecule has 0 bridgehead atoms. The Morgan fingerprint density at radius 3 is 2.56 bits per heavy atom. The van der Waals surface area contributed by atoms with E-state index in [1.807, 2.05) is 0 Å². The zero-order chi connectivity index (χ0) is 12.7. The maximum absolute atomic E-state index is 11.0. The van der Waals surface area contributed by atoms with Gasteiger partial charge in [0.15, 0.2) is 0 Å². The van der Waals surface area contributed by atoms with Crippen LogP contribution in [0.15, 0.2) is 12.1 Å². The fourth-order valence-electron chi connectivity index (χ4n) is 2.31. The van der Waals surface area contributed by atoms with Crippen LogP contribution in [-0.2, 0) is 12.8 Å². The van der Waals surface area contributed by atoms with Crippen molar-refractivity contribution in [3.8, 4) is 9.75 Å². The second-order valence-electron chi connectivity index (χ2n) is 4.47. The molecule has 0 aromatic carbocycles. The Kier molecular flexibility index (Phi) is 2.87. The summed E-state index contributed by atoms with van der Waals surface area (Å²) in [6, 6.07) is 3.99. The molecule has 5 heteroatoms.